The smallest absolute Gasteiger partial charge is 0.307 e. The lowest BCUT2D eigenvalue weighted by molar-refractivity contribution is -0.159. The second-order valence-electron chi connectivity index (χ2n) is 16.0. The van der Waals surface area contributed by atoms with Crippen molar-refractivity contribution in [2.45, 2.75) is 130 Å². The summed E-state index contributed by atoms with van der Waals surface area (Å²) in [5, 5.41) is 18.2. The van der Waals surface area contributed by atoms with Gasteiger partial charge in [-0.3, -0.25) is 28.9 Å². The third-order valence-corrected chi connectivity index (χ3v) is 11.5. The molecule has 2 aromatic rings. The van der Waals surface area contributed by atoms with E-state index in [-0.39, 0.29) is 72.2 Å². The standard InChI is InChI=1S/C41H64N6O7S/c1-9-27(6)37(45-40(52)34-12-10-11-19-46(34)8)41(53)47(24-54-36(49)20-25(2)3)33(26(4)5)17-18-35-44-32(23-55-35)39(51)43-30(21-28(7)38(42)50)22-29-13-15-31(48)16-14-29/h13-16,23,25-28,30,33-34,37,48H,9-12,17-22,24H2,1-8H3,(H2,42,50)(H,43,51)(H,45,52). The third kappa shape index (κ3) is 14.2. The molecule has 3 rings (SSSR count). The fraction of sp³-hybridized carbons (Fsp3) is 0.659. The van der Waals surface area contributed by atoms with Crippen molar-refractivity contribution in [2.24, 2.45) is 29.4 Å². The number of hydrogen-bond acceptors (Lipinski definition) is 10. The number of hydrogen-bond donors (Lipinski definition) is 4. The van der Waals surface area contributed by atoms with Gasteiger partial charge >= 0.3 is 5.97 Å². The SMILES string of the molecule is CCC(C)C(NC(=O)C1CCCCN1C)C(=O)N(COC(=O)CC(C)C)C(CCc1nc(C(=O)NC(Cc2ccc(O)cc2)CC(C)C(N)=O)cs1)C(C)C. The topological polar surface area (TPSA) is 184 Å². The number of esters is 1. The molecule has 0 spiro atoms. The molecule has 6 atom stereocenters. The van der Waals surface area contributed by atoms with Gasteiger partial charge in [0, 0.05) is 36.2 Å². The lowest BCUT2D eigenvalue weighted by Gasteiger charge is -2.39. The van der Waals surface area contributed by atoms with Gasteiger partial charge in [0.15, 0.2) is 6.73 Å². The number of piperidine rings is 1. The molecule has 306 valence electrons. The van der Waals surface area contributed by atoms with Crippen LogP contribution in [-0.2, 0) is 36.8 Å². The number of aryl methyl sites for hydroxylation is 1. The van der Waals surface area contributed by atoms with Crippen molar-refractivity contribution in [1.29, 1.82) is 0 Å². The number of likely N-dealkylation sites (N-methyl/N-ethyl adjacent to an activating group) is 1. The number of likely N-dealkylation sites (tertiary alicyclic amines) is 1. The molecule has 1 saturated heterocycles. The van der Waals surface area contributed by atoms with Crippen molar-refractivity contribution in [3.05, 3.63) is 45.9 Å². The number of ether oxygens (including phenoxy) is 1. The fourth-order valence-corrected chi connectivity index (χ4v) is 7.73. The van der Waals surface area contributed by atoms with Crippen LogP contribution >= 0.6 is 11.3 Å². The van der Waals surface area contributed by atoms with Crippen LogP contribution in [0.25, 0.3) is 0 Å². The molecule has 0 aliphatic carbocycles. The molecule has 13 nitrogen and oxygen atoms in total. The summed E-state index contributed by atoms with van der Waals surface area (Å²) in [5.41, 5.74) is 6.67. The largest absolute Gasteiger partial charge is 0.508 e. The van der Waals surface area contributed by atoms with E-state index in [1.165, 1.54) is 11.3 Å². The first kappa shape index (κ1) is 45.4. The van der Waals surface area contributed by atoms with Gasteiger partial charge in [-0.25, -0.2) is 4.98 Å². The van der Waals surface area contributed by atoms with E-state index in [0.29, 0.717) is 37.1 Å². The second-order valence-corrected chi connectivity index (χ2v) is 16.9. The Morgan fingerprint density at radius 3 is 2.35 bits per heavy atom. The van der Waals surface area contributed by atoms with Gasteiger partial charge in [-0.1, -0.05) is 73.4 Å². The summed E-state index contributed by atoms with van der Waals surface area (Å²) in [5.74, 6) is -2.16. The maximum atomic E-state index is 14.6. The number of phenols is 1. The zero-order chi connectivity index (χ0) is 40.8. The summed E-state index contributed by atoms with van der Waals surface area (Å²) in [4.78, 5) is 74.6. The van der Waals surface area contributed by atoms with Gasteiger partial charge in [0.2, 0.25) is 17.7 Å². The highest BCUT2D eigenvalue weighted by Gasteiger charge is 2.37. The molecular weight excluding hydrogens is 721 g/mol. The normalized spacial score (nSPS) is 17.5. The number of phenolic OH excluding ortho intramolecular Hbond substituents is 1. The molecule has 55 heavy (non-hydrogen) atoms. The van der Waals surface area contributed by atoms with Crippen LogP contribution in [0, 0.1) is 23.7 Å². The summed E-state index contributed by atoms with van der Waals surface area (Å²) < 4.78 is 5.72. The summed E-state index contributed by atoms with van der Waals surface area (Å²) in [6.45, 7) is 14.1. The first-order valence-corrected chi connectivity index (χ1v) is 20.7. The molecular formula is C41H64N6O7S. The van der Waals surface area contributed by atoms with E-state index < -0.39 is 29.9 Å². The Morgan fingerprint density at radius 1 is 1.05 bits per heavy atom. The number of nitrogens with two attached hydrogens (primary N) is 1. The number of nitrogens with one attached hydrogen (secondary N) is 2. The van der Waals surface area contributed by atoms with Gasteiger partial charge in [0.25, 0.3) is 5.91 Å². The van der Waals surface area contributed by atoms with Crippen molar-refractivity contribution in [1.82, 2.24) is 25.4 Å². The Bertz CT molecular complexity index is 1560. The van der Waals surface area contributed by atoms with E-state index in [2.05, 4.69) is 15.6 Å². The van der Waals surface area contributed by atoms with Crippen LogP contribution < -0.4 is 16.4 Å². The molecule has 1 aromatic carbocycles. The van der Waals surface area contributed by atoms with Crippen molar-refractivity contribution in [2.75, 3.05) is 20.3 Å². The van der Waals surface area contributed by atoms with Crippen LogP contribution in [-0.4, -0.2) is 94.0 Å². The number of carbonyl (C=O) groups is 5. The molecule has 1 aliphatic rings. The number of aromatic hydroxyl groups is 1. The molecule has 0 bridgehead atoms. The van der Waals surface area contributed by atoms with Gasteiger partial charge in [0.1, 0.15) is 17.5 Å². The predicted molar refractivity (Wildman–Crippen MR) is 214 cm³/mol. The molecule has 0 radical (unpaired) electrons. The van der Waals surface area contributed by atoms with E-state index in [9.17, 15) is 29.1 Å². The maximum absolute atomic E-state index is 14.6. The van der Waals surface area contributed by atoms with Crippen LogP contribution in [0.15, 0.2) is 29.6 Å². The minimum atomic E-state index is -0.806. The average molecular weight is 785 g/mol. The number of rotatable bonds is 21. The van der Waals surface area contributed by atoms with Crippen molar-refractivity contribution >= 4 is 40.9 Å². The van der Waals surface area contributed by atoms with Crippen LogP contribution in [0.1, 0.15) is 114 Å². The van der Waals surface area contributed by atoms with E-state index in [1.807, 2.05) is 53.5 Å². The van der Waals surface area contributed by atoms with Crippen molar-refractivity contribution in [3.8, 4) is 5.75 Å². The lowest BCUT2D eigenvalue weighted by Crippen LogP contribution is -2.59. The molecule has 1 aromatic heterocycles. The lowest BCUT2D eigenvalue weighted by atomic mass is 9.93. The summed E-state index contributed by atoms with van der Waals surface area (Å²) >= 11 is 1.34. The molecule has 1 fully saturated rings. The molecule has 0 saturated carbocycles. The molecule has 1 aliphatic heterocycles. The van der Waals surface area contributed by atoms with Crippen LogP contribution in [0.2, 0.25) is 0 Å². The molecule has 2 heterocycles. The summed E-state index contributed by atoms with van der Waals surface area (Å²) in [6.07, 6.45) is 5.28. The van der Waals surface area contributed by atoms with Gasteiger partial charge in [-0.05, 0) is 81.1 Å². The zero-order valence-electron chi connectivity index (χ0n) is 34.0. The van der Waals surface area contributed by atoms with Gasteiger partial charge in [-0.15, -0.1) is 11.3 Å². The number of benzene rings is 1. The van der Waals surface area contributed by atoms with Gasteiger partial charge < -0.3 is 31.1 Å². The Kier molecular flexibility index (Phi) is 18.1. The number of primary amides is 1. The van der Waals surface area contributed by atoms with Crippen LogP contribution in [0.3, 0.4) is 0 Å². The Labute approximate surface area is 331 Å². The van der Waals surface area contributed by atoms with E-state index in [4.69, 9.17) is 10.5 Å². The van der Waals surface area contributed by atoms with E-state index in [0.717, 1.165) is 31.4 Å². The van der Waals surface area contributed by atoms with E-state index >= 15 is 0 Å². The summed E-state index contributed by atoms with van der Waals surface area (Å²) in [7, 11) is 1.94. The second kappa shape index (κ2) is 21.9. The zero-order valence-corrected chi connectivity index (χ0v) is 34.8. The number of carbonyl (C=O) groups excluding carboxylic acids is 5. The molecule has 6 unspecified atom stereocenters. The third-order valence-electron chi connectivity index (χ3n) is 10.6. The predicted octanol–water partition coefficient (Wildman–Crippen LogP) is 5.05. The Morgan fingerprint density at radius 2 is 1.75 bits per heavy atom. The molecule has 5 N–H and O–H groups in total. The number of amides is 4. The minimum absolute atomic E-state index is 0.0406. The van der Waals surface area contributed by atoms with Crippen molar-refractivity contribution < 1.29 is 33.8 Å². The first-order valence-electron chi connectivity index (χ1n) is 19.8. The van der Waals surface area contributed by atoms with Crippen LogP contribution in [0.5, 0.6) is 5.75 Å². The van der Waals surface area contributed by atoms with E-state index in [1.54, 1.807) is 41.5 Å². The van der Waals surface area contributed by atoms with Gasteiger partial charge in [0.05, 0.1) is 11.0 Å². The quantitative estimate of drug-likeness (QED) is 0.0994. The summed E-state index contributed by atoms with van der Waals surface area (Å²) in [6, 6.07) is 4.79. The molecule has 4 amide bonds. The number of thiazole rings is 1. The first-order chi connectivity index (χ1) is 26.0. The number of aromatic nitrogens is 1. The Balaban J connectivity index is 1.81. The highest BCUT2D eigenvalue weighted by molar-refractivity contribution is 7.09. The monoisotopic (exact) mass is 784 g/mol. The maximum Gasteiger partial charge on any atom is 0.307 e. The highest BCUT2D eigenvalue weighted by atomic mass is 32.1. The average Bonchev–Trinajstić information content (AvgIpc) is 3.61. The van der Waals surface area contributed by atoms with Crippen LogP contribution in [0.4, 0.5) is 0 Å². The molecule has 14 heteroatoms. The fourth-order valence-electron chi connectivity index (χ4n) is 6.94. The number of nitrogens with zero attached hydrogens (tertiary/aromatic N) is 3. The highest BCUT2D eigenvalue weighted by Crippen LogP contribution is 2.24. The van der Waals surface area contributed by atoms with Gasteiger partial charge in [-0.2, -0.15) is 0 Å². The Hall–Kier alpha value is -4.04. The van der Waals surface area contributed by atoms with Crippen molar-refractivity contribution in [3.63, 3.8) is 0 Å². The minimum Gasteiger partial charge on any atom is -0.508 e.